The van der Waals surface area contributed by atoms with E-state index in [9.17, 15) is 9.59 Å². The molecule has 144 valence electrons. The van der Waals surface area contributed by atoms with Crippen molar-refractivity contribution in [2.24, 2.45) is 0 Å². The zero-order chi connectivity index (χ0) is 20.1. The third kappa shape index (κ3) is 4.50. The van der Waals surface area contributed by atoms with Crippen LogP contribution in [0.5, 0.6) is 5.75 Å². The Labute approximate surface area is 166 Å². The lowest BCUT2D eigenvalue weighted by Crippen LogP contribution is -2.25. The summed E-state index contributed by atoms with van der Waals surface area (Å²) in [6.07, 6.45) is -1.19. The van der Waals surface area contributed by atoms with Crippen LogP contribution in [0.1, 0.15) is 27.9 Å². The number of aryl methyl sites for hydroxylation is 1. The Kier molecular flexibility index (Phi) is 5.96. The quantitative estimate of drug-likeness (QED) is 0.624. The summed E-state index contributed by atoms with van der Waals surface area (Å²) in [5.41, 5.74) is 1.47. The van der Waals surface area contributed by atoms with Crippen LogP contribution in [-0.2, 0) is 9.53 Å². The van der Waals surface area contributed by atoms with Gasteiger partial charge in [-0.2, -0.15) is 0 Å². The molecule has 3 rings (SSSR count). The van der Waals surface area contributed by atoms with Crippen molar-refractivity contribution in [3.63, 3.8) is 0 Å². The third-order valence-electron chi connectivity index (χ3n) is 3.81. The summed E-state index contributed by atoms with van der Waals surface area (Å²) in [4.78, 5) is 25.2. The van der Waals surface area contributed by atoms with E-state index in [0.29, 0.717) is 27.7 Å². The van der Waals surface area contributed by atoms with E-state index >= 15 is 0 Å². The molecule has 1 N–H and O–H groups in total. The Hall–Kier alpha value is -3.32. The van der Waals surface area contributed by atoms with E-state index in [1.807, 2.05) is 0 Å². The number of benzene rings is 2. The molecule has 1 aromatic heterocycles. The largest absolute Gasteiger partial charge is 0.495 e. The highest BCUT2D eigenvalue weighted by Gasteiger charge is 2.27. The molecular formula is C20H17ClN2O5. The number of carbonyl (C=O) groups excluding carboxylic acids is 2. The van der Waals surface area contributed by atoms with Crippen LogP contribution in [0.25, 0.3) is 0 Å². The smallest absolute Gasteiger partial charge is 0.378 e. The predicted octanol–water partition coefficient (Wildman–Crippen LogP) is 4.18. The number of hydrogen-bond donors (Lipinski definition) is 1. The van der Waals surface area contributed by atoms with E-state index in [4.69, 9.17) is 25.6 Å². The monoisotopic (exact) mass is 400 g/mol. The maximum atomic E-state index is 12.8. The van der Waals surface area contributed by atoms with Crippen molar-refractivity contribution in [2.45, 2.75) is 13.0 Å². The van der Waals surface area contributed by atoms with Gasteiger partial charge in [0.15, 0.2) is 0 Å². The number of rotatable bonds is 6. The van der Waals surface area contributed by atoms with Crippen LogP contribution in [0.3, 0.4) is 0 Å². The van der Waals surface area contributed by atoms with E-state index in [2.05, 4.69) is 10.5 Å². The van der Waals surface area contributed by atoms with Crippen molar-refractivity contribution in [1.82, 2.24) is 5.16 Å². The van der Waals surface area contributed by atoms with Gasteiger partial charge < -0.3 is 19.3 Å². The SMILES string of the molecule is COc1ccc(NC(=O)[C@@H](OC(=O)c2cc(C)no2)c2ccccc2)cc1Cl. The molecule has 0 saturated heterocycles. The van der Waals surface area contributed by atoms with E-state index in [0.717, 1.165) is 0 Å². The summed E-state index contributed by atoms with van der Waals surface area (Å²) in [6, 6.07) is 14.9. The molecule has 0 aliphatic rings. The zero-order valence-corrected chi connectivity index (χ0v) is 15.9. The van der Waals surface area contributed by atoms with Crippen molar-refractivity contribution in [3.8, 4) is 5.75 Å². The number of anilines is 1. The Morgan fingerprint density at radius 3 is 2.50 bits per heavy atom. The van der Waals surface area contributed by atoms with Gasteiger partial charge in [0.1, 0.15) is 5.75 Å². The standard InChI is InChI=1S/C20H17ClN2O5/c1-12-10-17(28-23-12)20(25)27-18(13-6-4-3-5-7-13)19(24)22-14-8-9-16(26-2)15(21)11-14/h3-11,18H,1-2H3,(H,22,24)/t18-/m0/s1. The van der Waals surface area contributed by atoms with Gasteiger partial charge in [0.2, 0.25) is 11.9 Å². The number of amides is 1. The Morgan fingerprint density at radius 2 is 1.89 bits per heavy atom. The van der Waals surface area contributed by atoms with Crippen LogP contribution in [0.4, 0.5) is 5.69 Å². The number of ether oxygens (including phenoxy) is 2. The molecule has 0 unspecified atom stereocenters. The number of esters is 1. The van der Waals surface area contributed by atoms with Gasteiger partial charge in [-0.3, -0.25) is 4.79 Å². The average molecular weight is 401 g/mol. The number of nitrogens with one attached hydrogen (secondary N) is 1. The highest BCUT2D eigenvalue weighted by atomic mass is 35.5. The fraction of sp³-hybridized carbons (Fsp3) is 0.150. The molecule has 0 aliphatic carbocycles. The number of carbonyl (C=O) groups is 2. The van der Waals surface area contributed by atoms with Crippen LogP contribution in [0.2, 0.25) is 5.02 Å². The normalized spacial score (nSPS) is 11.5. The predicted molar refractivity (Wildman–Crippen MR) is 102 cm³/mol. The highest BCUT2D eigenvalue weighted by Crippen LogP contribution is 2.28. The number of hydrogen-bond acceptors (Lipinski definition) is 6. The molecule has 0 saturated carbocycles. The van der Waals surface area contributed by atoms with Crippen LogP contribution in [0, 0.1) is 6.92 Å². The first-order chi connectivity index (χ1) is 13.5. The number of halogens is 1. The highest BCUT2D eigenvalue weighted by molar-refractivity contribution is 6.32. The minimum absolute atomic E-state index is 0.0845. The molecule has 28 heavy (non-hydrogen) atoms. The minimum Gasteiger partial charge on any atom is -0.495 e. The number of methoxy groups -OCH3 is 1. The van der Waals surface area contributed by atoms with Crippen molar-refractivity contribution in [1.29, 1.82) is 0 Å². The third-order valence-corrected chi connectivity index (χ3v) is 4.11. The molecule has 7 nitrogen and oxygen atoms in total. The second kappa shape index (κ2) is 8.58. The summed E-state index contributed by atoms with van der Waals surface area (Å²) in [5.74, 6) is -0.945. The summed E-state index contributed by atoms with van der Waals surface area (Å²) >= 11 is 6.10. The maximum absolute atomic E-state index is 12.8. The summed E-state index contributed by atoms with van der Waals surface area (Å²) < 4.78 is 15.4. The Morgan fingerprint density at radius 1 is 1.14 bits per heavy atom. The first-order valence-electron chi connectivity index (χ1n) is 8.31. The molecule has 0 fully saturated rings. The van der Waals surface area contributed by atoms with Gasteiger partial charge in [0.25, 0.3) is 5.91 Å². The van der Waals surface area contributed by atoms with E-state index in [1.165, 1.54) is 13.2 Å². The minimum atomic E-state index is -1.19. The molecule has 2 aromatic carbocycles. The van der Waals surface area contributed by atoms with Crippen molar-refractivity contribution >= 4 is 29.2 Å². The molecule has 1 amide bonds. The molecular weight excluding hydrogens is 384 g/mol. The Balaban J connectivity index is 1.83. The number of aromatic nitrogens is 1. The van der Waals surface area contributed by atoms with Gasteiger partial charge in [-0.25, -0.2) is 4.79 Å². The molecule has 0 radical (unpaired) electrons. The lowest BCUT2D eigenvalue weighted by atomic mass is 10.1. The zero-order valence-electron chi connectivity index (χ0n) is 15.1. The lowest BCUT2D eigenvalue weighted by Gasteiger charge is -2.17. The van der Waals surface area contributed by atoms with Crippen molar-refractivity contribution in [2.75, 3.05) is 12.4 Å². The summed E-state index contributed by atoms with van der Waals surface area (Å²) in [6.45, 7) is 1.68. The lowest BCUT2D eigenvalue weighted by molar-refractivity contribution is -0.125. The van der Waals surface area contributed by atoms with Gasteiger partial charge >= 0.3 is 5.97 Å². The van der Waals surface area contributed by atoms with Crippen LogP contribution < -0.4 is 10.1 Å². The molecule has 0 bridgehead atoms. The molecule has 1 heterocycles. The summed E-state index contributed by atoms with van der Waals surface area (Å²) in [5, 5.41) is 6.68. The van der Waals surface area contributed by atoms with Gasteiger partial charge in [-0.15, -0.1) is 0 Å². The van der Waals surface area contributed by atoms with Gasteiger partial charge in [-0.1, -0.05) is 47.1 Å². The van der Waals surface area contributed by atoms with Gasteiger partial charge in [0.05, 0.1) is 17.8 Å². The Bertz CT molecular complexity index is 987. The van der Waals surface area contributed by atoms with Crippen molar-refractivity contribution < 1.29 is 23.6 Å². The topological polar surface area (TPSA) is 90.7 Å². The average Bonchev–Trinajstić information content (AvgIpc) is 3.13. The molecule has 0 spiro atoms. The van der Waals surface area contributed by atoms with E-state index < -0.39 is 18.0 Å². The van der Waals surface area contributed by atoms with Crippen LogP contribution >= 0.6 is 11.6 Å². The van der Waals surface area contributed by atoms with Gasteiger partial charge in [0, 0.05) is 17.3 Å². The molecule has 1 atom stereocenters. The number of nitrogens with zero attached hydrogens (tertiary/aromatic N) is 1. The van der Waals surface area contributed by atoms with Crippen LogP contribution in [-0.4, -0.2) is 24.1 Å². The van der Waals surface area contributed by atoms with E-state index in [1.54, 1.807) is 55.5 Å². The summed E-state index contributed by atoms with van der Waals surface area (Å²) in [7, 11) is 1.50. The van der Waals surface area contributed by atoms with Gasteiger partial charge in [-0.05, 0) is 25.1 Å². The van der Waals surface area contributed by atoms with Crippen LogP contribution in [0.15, 0.2) is 59.1 Å². The molecule has 8 heteroatoms. The second-order valence-corrected chi connectivity index (χ2v) is 6.27. The fourth-order valence-corrected chi connectivity index (χ4v) is 2.74. The second-order valence-electron chi connectivity index (χ2n) is 5.87. The van der Waals surface area contributed by atoms with Crippen molar-refractivity contribution in [3.05, 3.63) is 76.6 Å². The molecule has 0 aliphatic heterocycles. The first-order valence-corrected chi connectivity index (χ1v) is 8.69. The maximum Gasteiger partial charge on any atom is 0.378 e. The molecule has 3 aromatic rings. The first kappa shape index (κ1) is 19.4. The fourth-order valence-electron chi connectivity index (χ4n) is 2.48. The van der Waals surface area contributed by atoms with E-state index in [-0.39, 0.29) is 5.76 Å².